The van der Waals surface area contributed by atoms with Gasteiger partial charge in [-0.1, -0.05) is 13.0 Å². The average molecular weight is 299 g/mol. The lowest BCUT2D eigenvalue weighted by Gasteiger charge is -2.16. The summed E-state index contributed by atoms with van der Waals surface area (Å²) >= 11 is 0. The van der Waals surface area contributed by atoms with Crippen LogP contribution in [0.25, 0.3) is 0 Å². The topological polar surface area (TPSA) is 43.4 Å². The number of hydrogen-bond donors (Lipinski definition) is 0. The van der Waals surface area contributed by atoms with Crippen LogP contribution in [-0.2, 0) is 9.84 Å². The Morgan fingerprint density at radius 1 is 1.26 bits per heavy atom. The summed E-state index contributed by atoms with van der Waals surface area (Å²) in [5.41, 5.74) is -0.991. The molecule has 1 aromatic carbocycles. The Hall–Kier alpha value is -1.25. The molecule has 9 heteroatoms. The van der Waals surface area contributed by atoms with Crippen molar-refractivity contribution >= 4 is 22.3 Å². The number of hydrogen-bond acceptors (Lipinski definition) is 3. The highest BCUT2D eigenvalue weighted by Gasteiger charge is 2.26. The van der Waals surface area contributed by atoms with E-state index in [9.17, 15) is 25.8 Å². The van der Waals surface area contributed by atoms with E-state index in [1.165, 1.54) is 6.92 Å². The minimum absolute atomic E-state index is 0.107. The highest BCUT2D eigenvalue weighted by molar-refractivity contribution is 7.91. The van der Waals surface area contributed by atoms with E-state index in [1.807, 2.05) is 0 Å². The third-order valence-electron chi connectivity index (χ3n) is 2.42. The van der Waals surface area contributed by atoms with Gasteiger partial charge in [0.05, 0.1) is 5.75 Å². The quantitative estimate of drug-likeness (QED) is 0.593. The first kappa shape index (κ1) is 15.8. The molecule has 1 rings (SSSR count). The largest absolute Gasteiger partial charge is 0.509 e. The number of sulfone groups is 1. The van der Waals surface area contributed by atoms with Crippen LogP contribution in [0.1, 0.15) is 6.92 Å². The maximum absolute atomic E-state index is 13.2. The predicted molar refractivity (Wildman–Crippen MR) is 64.9 cm³/mol. The van der Waals surface area contributed by atoms with Crippen LogP contribution in [-0.4, -0.2) is 33.5 Å². The number of rotatable bonds is 6. The summed E-state index contributed by atoms with van der Waals surface area (Å²) in [6.45, 7) is -4.21. The average Bonchev–Trinajstić information content (AvgIpc) is 2.30. The van der Waals surface area contributed by atoms with E-state index in [0.29, 0.717) is 18.2 Å². The fourth-order valence-electron chi connectivity index (χ4n) is 1.26. The zero-order valence-corrected chi connectivity index (χ0v) is 10.9. The van der Waals surface area contributed by atoms with Crippen LogP contribution in [0, 0.1) is 5.82 Å². The van der Waals surface area contributed by atoms with Gasteiger partial charge in [0.25, 0.3) is 0 Å². The van der Waals surface area contributed by atoms with Gasteiger partial charge in [0, 0.05) is 5.75 Å². The van der Waals surface area contributed by atoms with Crippen LogP contribution in [0.2, 0.25) is 0 Å². The van der Waals surface area contributed by atoms with Gasteiger partial charge in [0.1, 0.15) is 6.61 Å². The lowest BCUT2D eigenvalue weighted by Crippen LogP contribution is -2.34. The summed E-state index contributed by atoms with van der Waals surface area (Å²) in [6, 6.07) is 1.80. The van der Waals surface area contributed by atoms with Crippen molar-refractivity contribution < 1.29 is 30.5 Å². The smallest absolute Gasteiger partial charge is 0.490 e. The molecule has 0 aromatic heterocycles. The summed E-state index contributed by atoms with van der Waals surface area (Å²) in [5.74, 6) is -2.03. The van der Waals surface area contributed by atoms with Crippen LogP contribution < -0.4 is 10.2 Å². The van der Waals surface area contributed by atoms with Crippen molar-refractivity contribution in [2.75, 3.05) is 18.1 Å². The van der Waals surface area contributed by atoms with Crippen molar-refractivity contribution in [1.82, 2.24) is 0 Å². The Bertz CT molecular complexity index is 542. The molecular formula is C10H12BF4O3S-. The molecular weight excluding hydrogens is 287 g/mol. The third kappa shape index (κ3) is 4.74. The lowest BCUT2D eigenvalue weighted by molar-refractivity contribution is 0.322. The van der Waals surface area contributed by atoms with Gasteiger partial charge in [0.15, 0.2) is 21.4 Å². The minimum Gasteiger partial charge on any atom is -0.490 e. The van der Waals surface area contributed by atoms with E-state index < -0.39 is 33.8 Å². The molecule has 0 bridgehead atoms. The summed E-state index contributed by atoms with van der Waals surface area (Å²) < 4.78 is 77.7. The number of benzene rings is 1. The van der Waals surface area contributed by atoms with Crippen molar-refractivity contribution in [3.05, 3.63) is 24.0 Å². The predicted octanol–water partition coefficient (Wildman–Crippen LogP) is 1.69. The van der Waals surface area contributed by atoms with Crippen molar-refractivity contribution in [2.24, 2.45) is 0 Å². The van der Waals surface area contributed by atoms with Gasteiger partial charge < -0.3 is 17.7 Å². The molecule has 108 valence electrons. The molecule has 0 spiro atoms. The molecule has 3 nitrogen and oxygen atoms in total. The van der Waals surface area contributed by atoms with Gasteiger partial charge in [-0.3, -0.25) is 0 Å². The van der Waals surface area contributed by atoms with Gasteiger partial charge in [-0.15, -0.1) is 5.46 Å². The Labute approximate surface area is 108 Å². The molecule has 0 saturated carbocycles. The van der Waals surface area contributed by atoms with Crippen molar-refractivity contribution in [2.45, 2.75) is 6.92 Å². The first-order valence-corrected chi connectivity index (χ1v) is 7.30. The van der Waals surface area contributed by atoms with Crippen molar-refractivity contribution in [3.63, 3.8) is 0 Å². The lowest BCUT2D eigenvalue weighted by atomic mass is 9.80. The Morgan fingerprint density at radius 2 is 1.89 bits per heavy atom. The van der Waals surface area contributed by atoms with Gasteiger partial charge in [-0.05, 0) is 12.1 Å². The Balaban J connectivity index is 2.79. The standard InChI is InChI=1S/C10H12BF4O3S/c1-2-19(16,17)6-5-18-10-7-8(11(13,14)15)3-4-9(10)12/h3-4,7H,2,5-6H2,1H3/q-1. The molecule has 0 amide bonds. The molecule has 0 fully saturated rings. The van der Waals surface area contributed by atoms with E-state index in [0.717, 1.165) is 0 Å². The molecule has 1 aromatic rings. The SMILES string of the molecule is CCS(=O)(=O)CCOc1cc([B-](F)(F)F)ccc1F. The molecule has 0 atom stereocenters. The maximum atomic E-state index is 13.2. The van der Waals surface area contributed by atoms with Gasteiger partial charge in [-0.25, -0.2) is 12.8 Å². The van der Waals surface area contributed by atoms with Gasteiger partial charge in [-0.2, -0.15) is 0 Å². The first-order valence-electron chi connectivity index (χ1n) is 5.48. The Kier molecular flexibility index (Phi) is 4.83. The van der Waals surface area contributed by atoms with E-state index in [1.54, 1.807) is 0 Å². The molecule has 0 heterocycles. The zero-order chi connectivity index (χ0) is 14.7. The number of ether oxygens (including phenoxy) is 1. The fraction of sp³-hybridized carbons (Fsp3) is 0.400. The highest BCUT2D eigenvalue weighted by Crippen LogP contribution is 2.18. The molecule has 0 aliphatic heterocycles. The second-order valence-corrected chi connectivity index (χ2v) is 6.32. The van der Waals surface area contributed by atoms with Crippen molar-refractivity contribution in [3.8, 4) is 5.75 Å². The molecule has 0 aliphatic carbocycles. The van der Waals surface area contributed by atoms with Crippen LogP contribution >= 0.6 is 0 Å². The van der Waals surface area contributed by atoms with Crippen LogP contribution in [0.5, 0.6) is 5.75 Å². The van der Waals surface area contributed by atoms with Gasteiger partial charge in [0.2, 0.25) is 0 Å². The monoisotopic (exact) mass is 299 g/mol. The normalized spacial score (nSPS) is 12.5. The third-order valence-corrected chi connectivity index (χ3v) is 4.09. The number of halogens is 4. The second-order valence-electron chi connectivity index (χ2n) is 3.85. The van der Waals surface area contributed by atoms with Crippen LogP contribution in [0.4, 0.5) is 17.3 Å². The van der Waals surface area contributed by atoms with Crippen LogP contribution in [0.3, 0.4) is 0 Å². The fourth-order valence-corrected chi connectivity index (χ4v) is 1.88. The zero-order valence-electron chi connectivity index (χ0n) is 10.1. The van der Waals surface area contributed by atoms with Gasteiger partial charge >= 0.3 is 6.98 Å². The summed E-state index contributed by atoms with van der Waals surface area (Å²) in [7, 11) is -3.31. The summed E-state index contributed by atoms with van der Waals surface area (Å²) in [5, 5.41) is 0. The highest BCUT2D eigenvalue weighted by atomic mass is 32.2. The van der Waals surface area contributed by atoms with E-state index in [2.05, 4.69) is 0 Å². The van der Waals surface area contributed by atoms with E-state index >= 15 is 0 Å². The minimum atomic E-state index is -5.25. The molecule has 0 radical (unpaired) electrons. The van der Waals surface area contributed by atoms with Crippen LogP contribution in [0.15, 0.2) is 18.2 Å². The van der Waals surface area contributed by atoms with E-state index in [4.69, 9.17) is 4.74 Å². The van der Waals surface area contributed by atoms with E-state index in [-0.39, 0.29) is 18.1 Å². The first-order chi connectivity index (χ1) is 8.65. The molecule has 0 aliphatic rings. The summed E-state index contributed by atoms with van der Waals surface area (Å²) in [4.78, 5) is 0. The maximum Gasteiger partial charge on any atom is 0.509 e. The van der Waals surface area contributed by atoms with Crippen molar-refractivity contribution in [1.29, 1.82) is 0 Å². The summed E-state index contributed by atoms with van der Waals surface area (Å²) in [6.07, 6.45) is 0. The molecule has 0 unspecified atom stereocenters. The Morgan fingerprint density at radius 3 is 2.42 bits per heavy atom. The molecule has 0 saturated heterocycles. The second kappa shape index (κ2) is 5.81. The molecule has 0 N–H and O–H groups in total. The molecule has 19 heavy (non-hydrogen) atoms.